The molecule has 2 heterocycles. The number of hydrogen-bond acceptors (Lipinski definition) is 4. The highest BCUT2D eigenvalue weighted by molar-refractivity contribution is 5.79. The van der Waals surface area contributed by atoms with Gasteiger partial charge in [-0.05, 0) is 64.3 Å². The zero-order chi connectivity index (χ0) is 21.4. The van der Waals surface area contributed by atoms with Crippen molar-refractivity contribution in [2.75, 3.05) is 24.5 Å². The Morgan fingerprint density at radius 3 is 2.63 bits per heavy atom. The Kier molecular flexibility index (Phi) is 7.55. The van der Waals surface area contributed by atoms with Crippen LogP contribution in [0.2, 0.25) is 0 Å². The van der Waals surface area contributed by atoms with Crippen LogP contribution in [0.4, 0.5) is 5.82 Å². The summed E-state index contributed by atoms with van der Waals surface area (Å²) in [6.07, 6.45) is 4.39. The van der Waals surface area contributed by atoms with Gasteiger partial charge >= 0.3 is 0 Å². The number of aliphatic imine (C=N–C) groups is 1. The normalized spacial score (nSPS) is 14.7. The smallest absolute Gasteiger partial charge is 0.191 e. The van der Waals surface area contributed by atoms with Crippen LogP contribution in [0.1, 0.15) is 51.7 Å². The maximum atomic E-state index is 6.10. The van der Waals surface area contributed by atoms with Crippen LogP contribution < -0.4 is 20.3 Å². The highest BCUT2D eigenvalue weighted by Crippen LogP contribution is 2.23. The predicted octanol–water partition coefficient (Wildman–Crippen LogP) is 4.11. The largest absolute Gasteiger partial charge is 0.488 e. The molecule has 1 saturated heterocycles. The molecule has 6 heteroatoms. The van der Waals surface area contributed by atoms with Crippen molar-refractivity contribution in [1.29, 1.82) is 0 Å². The van der Waals surface area contributed by atoms with Crippen LogP contribution in [0, 0.1) is 0 Å². The molecule has 162 valence electrons. The Bertz CT molecular complexity index is 837. The lowest BCUT2D eigenvalue weighted by atomic mass is 10.1. The molecule has 1 aromatic carbocycles. The summed E-state index contributed by atoms with van der Waals surface area (Å²) in [5.74, 6) is 2.76. The van der Waals surface area contributed by atoms with Crippen molar-refractivity contribution in [3.63, 3.8) is 0 Å². The molecule has 1 aromatic heterocycles. The number of anilines is 1. The summed E-state index contributed by atoms with van der Waals surface area (Å²) in [6.45, 7) is 12.5. The molecule has 30 heavy (non-hydrogen) atoms. The summed E-state index contributed by atoms with van der Waals surface area (Å²) in [5, 5.41) is 6.77. The van der Waals surface area contributed by atoms with Crippen LogP contribution in [-0.4, -0.2) is 36.2 Å². The number of nitrogens with one attached hydrogen (secondary N) is 2. The number of benzene rings is 1. The zero-order valence-corrected chi connectivity index (χ0v) is 18.7. The quantitative estimate of drug-likeness (QED) is 0.532. The first kappa shape index (κ1) is 21.9. The molecule has 0 saturated carbocycles. The SMILES string of the molecule is CCNC(=NCc1ccnc(N2CCCC2)c1)NCc1ccccc1OC(C)(C)C. The van der Waals surface area contributed by atoms with Gasteiger partial charge in [0.25, 0.3) is 0 Å². The number of ether oxygens (including phenoxy) is 1. The lowest BCUT2D eigenvalue weighted by molar-refractivity contribution is 0.129. The van der Waals surface area contributed by atoms with Crippen LogP contribution in [0.15, 0.2) is 47.6 Å². The van der Waals surface area contributed by atoms with Gasteiger partial charge in [0.15, 0.2) is 5.96 Å². The second-order valence-corrected chi connectivity index (χ2v) is 8.59. The number of hydrogen-bond donors (Lipinski definition) is 2. The van der Waals surface area contributed by atoms with Crippen LogP contribution in [0.5, 0.6) is 5.75 Å². The van der Waals surface area contributed by atoms with Crippen molar-refractivity contribution in [1.82, 2.24) is 15.6 Å². The fourth-order valence-electron chi connectivity index (χ4n) is 3.45. The van der Waals surface area contributed by atoms with E-state index in [0.29, 0.717) is 13.1 Å². The van der Waals surface area contributed by atoms with E-state index in [-0.39, 0.29) is 5.60 Å². The molecule has 0 radical (unpaired) electrons. The number of guanidine groups is 1. The summed E-state index contributed by atoms with van der Waals surface area (Å²) >= 11 is 0. The van der Waals surface area contributed by atoms with Gasteiger partial charge in [-0.1, -0.05) is 18.2 Å². The number of rotatable bonds is 7. The van der Waals surface area contributed by atoms with Crippen molar-refractivity contribution in [2.24, 2.45) is 4.99 Å². The molecule has 0 bridgehead atoms. The van der Waals surface area contributed by atoms with Gasteiger partial charge in [0, 0.05) is 37.9 Å². The number of para-hydroxylation sites is 1. The minimum Gasteiger partial charge on any atom is -0.488 e. The van der Waals surface area contributed by atoms with E-state index in [4.69, 9.17) is 9.73 Å². The van der Waals surface area contributed by atoms with Gasteiger partial charge in [-0.25, -0.2) is 9.98 Å². The Balaban J connectivity index is 1.65. The summed E-state index contributed by atoms with van der Waals surface area (Å²) in [7, 11) is 0. The standard InChI is InChI=1S/C24H35N5O/c1-5-25-23(28-18-20-10-6-7-11-21(20)30-24(2,3)4)27-17-19-12-13-26-22(16-19)29-14-8-9-15-29/h6-7,10-13,16H,5,8-9,14-15,17-18H2,1-4H3,(H2,25,27,28). The first-order valence-electron chi connectivity index (χ1n) is 10.9. The maximum Gasteiger partial charge on any atom is 0.191 e. The van der Waals surface area contributed by atoms with Crippen LogP contribution in [0.25, 0.3) is 0 Å². The van der Waals surface area contributed by atoms with Gasteiger partial charge in [0.1, 0.15) is 17.2 Å². The Morgan fingerprint density at radius 1 is 1.13 bits per heavy atom. The lowest BCUT2D eigenvalue weighted by Crippen LogP contribution is -2.37. The van der Waals surface area contributed by atoms with Crippen LogP contribution >= 0.6 is 0 Å². The molecule has 1 aliphatic rings. The van der Waals surface area contributed by atoms with Gasteiger partial charge in [-0.2, -0.15) is 0 Å². The molecule has 2 N–H and O–H groups in total. The van der Waals surface area contributed by atoms with Crippen LogP contribution in [-0.2, 0) is 13.1 Å². The third kappa shape index (κ3) is 6.65. The third-order valence-electron chi connectivity index (χ3n) is 4.84. The molecule has 0 aliphatic carbocycles. The van der Waals surface area contributed by atoms with Crippen molar-refractivity contribution < 1.29 is 4.74 Å². The second-order valence-electron chi connectivity index (χ2n) is 8.59. The molecule has 2 aromatic rings. The van der Waals surface area contributed by atoms with E-state index in [1.165, 1.54) is 18.4 Å². The highest BCUT2D eigenvalue weighted by Gasteiger charge is 2.15. The Labute approximate surface area is 180 Å². The fraction of sp³-hybridized carbons (Fsp3) is 0.500. The number of aromatic nitrogens is 1. The van der Waals surface area contributed by atoms with Crippen LogP contribution in [0.3, 0.4) is 0 Å². The topological polar surface area (TPSA) is 61.8 Å². The van der Waals surface area contributed by atoms with Crippen molar-refractivity contribution in [3.8, 4) is 5.75 Å². The Morgan fingerprint density at radius 2 is 1.90 bits per heavy atom. The second kappa shape index (κ2) is 10.3. The van der Waals surface area contributed by atoms with E-state index in [1.54, 1.807) is 0 Å². The Hall–Kier alpha value is -2.76. The summed E-state index contributed by atoms with van der Waals surface area (Å²) in [6, 6.07) is 12.3. The van der Waals surface area contributed by atoms with E-state index in [2.05, 4.69) is 60.3 Å². The molecule has 1 fully saturated rings. The van der Waals surface area contributed by atoms with Gasteiger partial charge < -0.3 is 20.3 Å². The molecule has 3 rings (SSSR count). The first-order chi connectivity index (χ1) is 14.4. The van der Waals surface area contributed by atoms with E-state index in [1.807, 2.05) is 30.5 Å². The maximum absolute atomic E-state index is 6.10. The molecule has 0 unspecified atom stereocenters. The number of pyridine rings is 1. The summed E-state index contributed by atoms with van der Waals surface area (Å²) in [4.78, 5) is 11.7. The molecule has 0 atom stereocenters. The van der Waals surface area contributed by atoms with Gasteiger partial charge in [0.2, 0.25) is 0 Å². The zero-order valence-electron chi connectivity index (χ0n) is 18.7. The predicted molar refractivity (Wildman–Crippen MR) is 124 cm³/mol. The third-order valence-corrected chi connectivity index (χ3v) is 4.84. The first-order valence-corrected chi connectivity index (χ1v) is 10.9. The summed E-state index contributed by atoms with van der Waals surface area (Å²) < 4.78 is 6.10. The van der Waals surface area contributed by atoms with E-state index < -0.39 is 0 Å². The van der Waals surface area contributed by atoms with Gasteiger partial charge in [-0.15, -0.1) is 0 Å². The van der Waals surface area contributed by atoms with Gasteiger partial charge in [-0.3, -0.25) is 0 Å². The molecular weight excluding hydrogens is 374 g/mol. The lowest BCUT2D eigenvalue weighted by Gasteiger charge is -2.23. The van der Waals surface area contributed by atoms with Crippen molar-refractivity contribution >= 4 is 11.8 Å². The number of nitrogens with zero attached hydrogens (tertiary/aromatic N) is 3. The highest BCUT2D eigenvalue weighted by atomic mass is 16.5. The molecule has 0 spiro atoms. The molecule has 1 aliphatic heterocycles. The van der Waals surface area contributed by atoms with E-state index >= 15 is 0 Å². The molecular formula is C24H35N5O. The van der Waals surface area contributed by atoms with Crippen molar-refractivity contribution in [2.45, 2.75) is 59.2 Å². The van der Waals surface area contributed by atoms with Crippen molar-refractivity contribution in [3.05, 3.63) is 53.7 Å². The minimum atomic E-state index is -0.233. The molecule has 0 amide bonds. The fourth-order valence-corrected chi connectivity index (χ4v) is 3.45. The minimum absolute atomic E-state index is 0.233. The van der Waals surface area contributed by atoms with E-state index in [9.17, 15) is 0 Å². The average Bonchev–Trinajstić information content (AvgIpc) is 3.25. The summed E-state index contributed by atoms with van der Waals surface area (Å²) in [5.41, 5.74) is 2.04. The van der Waals surface area contributed by atoms with Gasteiger partial charge in [0.05, 0.1) is 6.54 Å². The molecule has 6 nitrogen and oxygen atoms in total. The monoisotopic (exact) mass is 409 g/mol. The average molecular weight is 410 g/mol. The van der Waals surface area contributed by atoms with E-state index in [0.717, 1.165) is 42.7 Å².